The van der Waals surface area contributed by atoms with Crippen LogP contribution < -0.4 is 10.9 Å². The first kappa shape index (κ1) is 21.0. The van der Waals surface area contributed by atoms with Crippen LogP contribution in [-0.2, 0) is 31.9 Å². The fourth-order valence-corrected chi connectivity index (χ4v) is 4.24. The number of ether oxygens (including phenoxy) is 2. The average Bonchev–Trinajstić information content (AvgIpc) is 2.77. The van der Waals surface area contributed by atoms with Gasteiger partial charge in [0.15, 0.2) is 5.57 Å². The van der Waals surface area contributed by atoms with E-state index >= 15 is 0 Å². The third kappa shape index (κ3) is 4.14. The zero-order valence-corrected chi connectivity index (χ0v) is 18.4. The Morgan fingerprint density at radius 2 is 1.61 bits per heavy atom. The van der Waals surface area contributed by atoms with E-state index in [4.69, 9.17) is 13.9 Å². The third-order valence-corrected chi connectivity index (χ3v) is 5.90. The standard InChI is InChI=1S/C26H23NO6/c1-26(2)32-24(29)21(25(30)33-26)14-27-19-10-9-18-12-20(23(28)31-22(18)13-19)17-8-7-15-5-3-4-6-16(15)11-17/h7-14,27H,3-6H2,1-2H3. The average molecular weight is 445 g/mol. The Hall–Kier alpha value is -3.87. The summed E-state index contributed by atoms with van der Waals surface area (Å²) in [6.07, 6.45) is 5.72. The Balaban J connectivity index is 1.42. The molecule has 2 aliphatic rings. The van der Waals surface area contributed by atoms with Crippen LogP contribution in [0.2, 0.25) is 0 Å². The van der Waals surface area contributed by atoms with Gasteiger partial charge in [-0.25, -0.2) is 14.4 Å². The number of cyclic esters (lactones) is 2. The molecule has 1 saturated heterocycles. The Kier molecular flexibility index (Phi) is 5.04. The van der Waals surface area contributed by atoms with Gasteiger partial charge in [0, 0.05) is 37.2 Å². The lowest BCUT2D eigenvalue weighted by Gasteiger charge is -2.29. The molecule has 1 fully saturated rings. The van der Waals surface area contributed by atoms with Crippen LogP contribution in [-0.4, -0.2) is 17.7 Å². The van der Waals surface area contributed by atoms with E-state index in [1.165, 1.54) is 44.0 Å². The van der Waals surface area contributed by atoms with Crippen LogP contribution in [0, 0.1) is 0 Å². The predicted octanol–water partition coefficient (Wildman–Crippen LogP) is 4.47. The molecule has 168 valence electrons. The lowest BCUT2D eigenvalue weighted by atomic mass is 9.89. The molecule has 7 heteroatoms. The number of esters is 2. The second-order valence-corrected chi connectivity index (χ2v) is 8.77. The van der Waals surface area contributed by atoms with Crippen molar-refractivity contribution >= 4 is 28.6 Å². The van der Waals surface area contributed by atoms with Crippen LogP contribution in [0.1, 0.15) is 37.8 Å². The van der Waals surface area contributed by atoms with Crippen LogP contribution in [0.25, 0.3) is 22.1 Å². The Bertz CT molecular complexity index is 1360. The van der Waals surface area contributed by atoms with Gasteiger partial charge in [0.1, 0.15) is 5.58 Å². The minimum absolute atomic E-state index is 0.251. The maximum atomic E-state index is 12.7. The van der Waals surface area contributed by atoms with Gasteiger partial charge >= 0.3 is 17.6 Å². The van der Waals surface area contributed by atoms with Gasteiger partial charge in [0.05, 0.1) is 5.56 Å². The van der Waals surface area contributed by atoms with Crippen molar-refractivity contribution in [3.8, 4) is 11.1 Å². The van der Waals surface area contributed by atoms with Crippen LogP contribution in [0.4, 0.5) is 5.69 Å². The Morgan fingerprint density at radius 3 is 2.36 bits per heavy atom. The number of nitrogens with one attached hydrogen (secondary N) is 1. The van der Waals surface area contributed by atoms with Gasteiger partial charge in [0.25, 0.3) is 5.79 Å². The Morgan fingerprint density at radius 1 is 0.879 bits per heavy atom. The van der Waals surface area contributed by atoms with Crippen molar-refractivity contribution in [3.63, 3.8) is 0 Å². The topological polar surface area (TPSA) is 94.8 Å². The largest absolute Gasteiger partial charge is 0.422 e. The van der Waals surface area contributed by atoms with Gasteiger partial charge in [-0.05, 0) is 60.6 Å². The quantitative estimate of drug-likeness (QED) is 0.275. The van der Waals surface area contributed by atoms with Gasteiger partial charge < -0.3 is 19.2 Å². The number of hydrogen-bond donors (Lipinski definition) is 1. The molecular formula is C26H23NO6. The number of hydrogen-bond acceptors (Lipinski definition) is 7. The van der Waals surface area contributed by atoms with Crippen molar-refractivity contribution in [2.75, 3.05) is 5.32 Å². The van der Waals surface area contributed by atoms with E-state index in [-0.39, 0.29) is 5.57 Å². The maximum Gasteiger partial charge on any atom is 0.350 e. The first-order chi connectivity index (χ1) is 15.8. The zero-order valence-electron chi connectivity index (χ0n) is 18.4. The molecule has 0 atom stereocenters. The number of aryl methyl sites for hydroxylation is 2. The van der Waals surface area contributed by atoms with Crippen LogP contribution in [0.5, 0.6) is 0 Å². The Labute approximate surface area is 190 Å². The van der Waals surface area contributed by atoms with Gasteiger partial charge in [-0.3, -0.25) is 0 Å². The summed E-state index contributed by atoms with van der Waals surface area (Å²) in [5.74, 6) is -2.84. The minimum atomic E-state index is -1.30. The number of carbonyl (C=O) groups is 2. The number of rotatable bonds is 3. The highest BCUT2D eigenvalue weighted by molar-refractivity contribution is 6.15. The summed E-state index contributed by atoms with van der Waals surface area (Å²) in [6, 6.07) is 13.2. The van der Waals surface area contributed by atoms with E-state index in [9.17, 15) is 14.4 Å². The molecule has 1 aromatic heterocycles. The zero-order chi connectivity index (χ0) is 23.2. The number of benzene rings is 2. The fraction of sp³-hybridized carbons (Fsp3) is 0.269. The van der Waals surface area contributed by atoms with E-state index in [1.807, 2.05) is 18.2 Å². The van der Waals surface area contributed by atoms with Crippen LogP contribution in [0.3, 0.4) is 0 Å². The molecule has 1 N–H and O–H groups in total. The molecule has 1 aliphatic heterocycles. The molecule has 7 nitrogen and oxygen atoms in total. The lowest BCUT2D eigenvalue weighted by molar-refractivity contribution is -0.222. The molecule has 0 unspecified atom stereocenters. The molecule has 0 amide bonds. The molecule has 5 rings (SSSR count). The van der Waals surface area contributed by atoms with Crippen molar-refractivity contribution in [2.24, 2.45) is 0 Å². The normalized spacial score (nSPS) is 17.2. The summed E-state index contributed by atoms with van der Waals surface area (Å²) in [5, 5.41) is 3.63. The highest BCUT2D eigenvalue weighted by Crippen LogP contribution is 2.29. The van der Waals surface area contributed by atoms with E-state index < -0.39 is 23.4 Å². The second-order valence-electron chi connectivity index (χ2n) is 8.77. The predicted molar refractivity (Wildman–Crippen MR) is 123 cm³/mol. The monoisotopic (exact) mass is 445 g/mol. The summed E-state index contributed by atoms with van der Waals surface area (Å²) in [6.45, 7) is 2.97. The van der Waals surface area contributed by atoms with Crippen molar-refractivity contribution in [3.05, 3.63) is 75.8 Å². The smallest absolute Gasteiger partial charge is 0.350 e. The number of anilines is 1. The van der Waals surface area contributed by atoms with E-state index in [1.54, 1.807) is 12.1 Å². The first-order valence-corrected chi connectivity index (χ1v) is 10.9. The molecular weight excluding hydrogens is 422 g/mol. The second kappa shape index (κ2) is 7.92. The molecule has 1 aliphatic carbocycles. The van der Waals surface area contributed by atoms with Gasteiger partial charge in [-0.1, -0.05) is 18.2 Å². The van der Waals surface area contributed by atoms with Crippen molar-refractivity contribution in [1.29, 1.82) is 0 Å². The van der Waals surface area contributed by atoms with E-state index in [2.05, 4.69) is 17.4 Å². The fourth-order valence-electron chi connectivity index (χ4n) is 4.24. The van der Waals surface area contributed by atoms with E-state index in [0.717, 1.165) is 23.8 Å². The molecule has 2 heterocycles. The van der Waals surface area contributed by atoms with Crippen molar-refractivity contribution in [2.45, 2.75) is 45.3 Å². The molecule has 33 heavy (non-hydrogen) atoms. The molecule has 0 spiro atoms. The molecule has 0 bridgehead atoms. The van der Waals surface area contributed by atoms with Crippen molar-refractivity contribution < 1.29 is 23.5 Å². The van der Waals surface area contributed by atoms with Crippen molar-refractivity contribution in [1.82, 2.24) is 0 Å². The third-order valence-electron chi connectivity index (χ3n) is 5.90. The van der Waals surface area contributed by atoms with Crippen LogP contribution >= 0.6 is 0 Å². The number of carbonyl (C=O) groups excluding carboxylic acids is 2. The first-order valence-electron chi connectivity index (χ1n) is 10.9. The lowest BCUT2D eigenvalue weighted by Crippen LogP contribution is -2.42. The van der Waals surface area contributed by atoms with Crippen LogP contribution in [0.15, 0.2) is 63.4 Å². The van der Waals surface area contributed by atoms with Gasteiger partial charge in [-0.2, -0.15) is 0 Å². The summed E-state index contributed by atoms with van der Waals surface area (Å²) in [7, 11) is 0. The summed E-state index contributed by atoms with van der Waals surface area (Å²) >= 11 is 0. The summed E-state index contributed by atoms with van der Waals surface area (Å²) < 4.78 is 15.7. The SMILES string of the molecule is CC1(C)OC(=O)C(=CNc2ccc3cc(-c4ccc5c(c4)CCCC5)c(=O)oc3c2)C(=O)O1. The molecule has 0 radical (unpaired) electrons. The maximum absolute atomic E-state index is 12.7. The molecule has 0 saturated carbocycles. The van der Waals surface area contributed by atoms with Gasteiger partial charge in [-0.15, -0.1) is 0 Å². The summed E-state index contributed by atoms with van der Waals surface area (Å²) in [5.41, 5.74) is 4.28. The molecule has 3 aromatic rings. The van der Waals surface area contributed by atoms with E-state index in [0.29, 0.717) is 16.8 Å². The number of fused-ring (bicyclic) bond motifs is 2. The van der Waals surface area contributed by atoms with Gasteiger partial charge in [0.2, 0.25) is 0 Å². The highest BCUT2D eigenvalue weighted by Gasteiger charge is 2.38. The summed E-state index contributed by atoms with van der Waals surface area (Å²) in [4.78, 5) is 36.9. The minimum Gasteiger partial charge on any atom is -0.422 e. The highest BCUT2D eigenvalue weighted by atomic mass is 16.7. The molecule has 2 aromatic carbocycles.